The molecular weight excluding hydrogens is 330 g/mol. The lowest BCUT2D eigenvalue weighted by atomic mass is 9.88. The predicted octanol–water partition coefficient (Wildman–Crippen LogP) is 3.41. The number of hydrogen-bond donors (Lipinski definition) is 1. The number of aryl methyl sites for hydroxylation is 3. The van der Waals surface area contributed by atoms with E-state index in [0.29, 0.717) is 11.6 Å². The Balaban J connectivity index is 1.46. The maximum Gasteiger partial charge on any atom is 0.258 e. The van der Waals surface area contributed by atoms with Crippen molar-refractivity contribution in [1.29, 1.82) is 0 Å². The van der Waals surface area contributed by atoms with Crippen LogP contribution in [-0.4, -0.2) is 22.5 Å². The van der Waals surface area contributed by atoms with Gasteiger partial charge in [-0.1, -0.05) is 24.3 Å². The first-order valence-corrected chi connectivity index (χ1v) is 8.84. The third-order valence-corrected chi connectivity index (χ3v) is 4.98. The topological polar surface area (TPSA) is 77.2 Å². The maximum atomic E-state index is 12.4. The summed E-state index contributed by atoms with van der Waals surface area (Å²) in [5.41, 5.74) is 3.92. The monoisotopic (exact) mass is 351 g/mol. The van der Waals surface area contributed by atoms with Crippen molar-refractivity contribution in [3.63, 3.8) is 0 Å². The van der Waals surface area contributed by atoms with Gasteiger partial charge in [-0.15, -0.1) is 0 Å². The van der Waals surface area contributed by atoms with Crippen LogP contribution in [0.2, 0.25) is 0 Å². The third-order valence-electron chi connectivity index (χ3n) is 4.98. The van der Waals surface area contributed by atoms with Crippen LogP contribution in [-0.2, 0) is 11.2 Å². The second-order valence-corrected chi connectivity index (χ2v) is 6.64. The van der Waals surface area contributed by atoms with Crippen molar-refractivity contribution < 1.29 is 13.9 Å². The van der Waals surface area contributed by atoms with Crippen molar-refractivity contribution in [3.05, 3.63) is 53.0 Å². The zero-order chi connectivity index (χ0) is 18.1. The Labute approximate surface area is 151 Å². The van der Waals surface area contributed by atoms with E-state index in [1.165, 1.54) is 17.5 Å². The van der Waals surface area contributed by atoms with Gasteiger partial charge >= 0.3 is 0 Å². The molecule has 0 bridgehead atoms. The average molecular weight is 351 g/mol. The molecule has 0 fully saturated rings. The fourth-order valence-corrected chi connectivity index (χ4v) is 3.53. The Morgan fingerprint density at radius 3 is 3.04 bits per heavy atom. The van der Waals surface area contributed by atoms with Crippen molar-refractivity contribution in [2.24, 2.45) is 0 Å². The second kappa shape index (κ2) is 6.78. The van der Waals surface area contributed by atoms with Crippen LogP contribution in [0.15, 0.2) is 35.0 Å². The van der Waals surface area contributed by atoms with Crippen LogP contribution in [0.5, 0.6) is 5.88 Å². The lowest BCUT2D eigenvalue weighted by Crippen LogP contribution is -2.34. The lowest BCUT2D eigenvalue weighted by Gasteiger charge is -2.26. The van der Waals surface area contributed by atoms with Gasteiger partial charge in [0.05, 0.1) is 6.04 Å². The fourth-order valence-electron chi connectivity index (χ4n) is 3.53. The van der Waals surface area contributed by atoms with Gasteiger partial charge in [-0.25, -0.2) is 9.97 Å². The van der Waals surface area contributed by atoms with Crippen molar-refractivity contribution in [2.45, 2.75) is 39.2 Å². The van der Waals surface area contributed by atoms with Crippen LogP contribution in [0.1, 0.15) is 41.3 Å². The van der Waals surface area contributed by atoms with Crippen molar-refractivity contribution in [3.8, 4) is 5.88 Å². The van der Waals surface area contributed by atoms with E-state index in [1.54, 1.807) is 0 Å². The van der Waals surface area contributed by atoms with E-state index in [-0.39, 0.29) is 18.6 Å². The van der Waals surface area contributed by atoms with Gasteiger partial charge in [0, 0.05) is 5.56 Å². The molecule has 1 aromatic carbocycles. The van der Waals surface area contributed by atoms with Crippen molar-refractivity contribution >= 4 is 17.0 Å². The summed E-state index contributed by atoms with van der Waals surface area (Å²) in [4.78, 5) is 20.7. The van der Waals surface area contributed by atoms with Gasteiger partial charge < -0.3 is 14.5 Å². The van der Waals surface area contributed by atoms with Crippen LogP contribution in [0.3, 0.4) is 0 Å². The van der Waals surface area contributed by atoms with E-state index >= 15 is 0 Å². The predicted molar refractivity (Wildman–Crippen MR) is 97.0 cm³/mol. The molecule has 2 aromatic heterocycles. The minimum absolute atomic E-state index is 0.0411. The van der Waals surface area contributed by atoms with Gasteiger partial charge in [0.25, 0.3) is 5.91 Å². The number of nitrogens with zero attached hydrogens (tertiary/aromatic N) is 2. The number of fused-ring (bicyclic) bond motifs is 2. The molecule has 134 valence electrons. The lowest BCUT2D eigenvalue weighted by molar-refractivity contribution is -0.124. The molecule has 1 atom stereocenters. The van der Waals surface area contributed by atoms with E-state index in [2.05, 4.69) is 27.4 Å². The van der Waals surface area contributed by atoms with Gasteiger partial charge in [0.1, 0.15) is 17.5 Å². The number of carbonyl (C=O) groups excluding carboxylic acids is 1. The molecule has 4 rings (SSSR count). The molecule has 0 aliphatic heterocycles. The Hall–Kier alpha value is -2.89. The molecule has 1 aliphatic rings. The van der Waals surface area contributed by atoms with E-state index in [4.69, 9.17) is 9.15 Å². The molecule has 1 unspecified atom stereocenters. The first-order chi connectivity index (χ1) is 12.6. The number of amides is 1. The summed E-state index contributed by atoms with van der Waals surface area (Å²) < 4.78 is 11.3. The van der Waals surface area contributed by atoms with Crippen molar-refractivity contribution in [2.75, 3.05) is 6.61 Å². The Bertz CT molecular complexity index is 964. The first kappa shape index (κ1) is 16.6. The Morgan fingerprint density at radius 1 is 1.31 bits per heavy atom. The summed E-state index contributed by atoms with van der Waals surface area (Å²) in [5, 5.41) is 3.81. The zero-order valence-corrected chi connectivity index (χ0v) is 14.9. The van der Waals surface area contributed by atoms with Crippen molar-refractivity contribution in [1.82, 2.24) is 15.3 Å². The molecule has 0 spiro atoms. The van der Waals surface area contributed by atoms with Gasteiger partial charge in [-0.3, -0.25) is 4.79 Å². The second-order valence-electron chi connectivity index (χ2n) is 6.64. The van der Waals surface area contributed by atoms with Crippen LogP contribution in [0.25, 0.3) is 11.1 Å². The molecule has 0 radical (unpaired) electrons. The van der Waals surface area contributed by atoms with Crippen LogP contribution >= 0.6 is 0 Å². The quantitative estimate of drug-likeness (QED) is 0.779. The van der Waals surface area contributed by atoms with E-state index in [1.807, 2.05) is 26.0 Å². The van der Waals surface area contributed by atoms with E-state index < -0.39 is 0 Å². The largest absolute Gasteiger partial charge is 0.467 e. The number of rotatable bonds is 4. The van der Waals surface area contributed by atoms with Crippen LogP contribution in [0, 0.1) is 13.8 Å². The fraction of sp³-hybridized carbons (Fsp3) is 0.350. The van der Waals surface area contributed by atoms with Gasteiger partial charge in [0.15, 0.2) is 6.61 Å². The molecule has 2 heterocycles. The minimum atomic E-state index is -0.156. The van der Waals surface area contributed by atoms with Crippen LogP contribution in [0.4, 0.5) is 0 Å². The Kier molecular flexibility index (Phi) is 4.32. The number of nitrogens with one attached hydrogen (secondary N) is 1. The highest BCUT2D eigenvalue weighted by Crippen LogP contribution is 2.30. The Morgan fingerprint density at radius 2 is 2.15 bits per heavy atom. The molecule has 1 N–H and O–H groups in total. The summed E-state index contributed by atoms with van der Waals surface area (Å²) in [7, 11) is 0. The summed E-state index contributed by atoms with van der Waals surface area (Å²) in [6.45, 7) is 3.71. The summed E-state index contributed by atoms with van der Waals surface area (Å²) in [6, 6.07) is 8.32. The molecule has 3 aromatic rings. The number of carbonyl (C=O) groups is 1. The average Bonchev–Trinajstić information content (AvgIpc) is 2.95. The molecule has 6 heteroatoms. The van der Waals surface area contributed by atoms with Gasteiger partial charge in [-0.2, -0.15) is 0 Å². The molecule has 1 amide bonds. The number of furan rings is 1. The number of aromatic nitrogens is 2. The van der Waals surface area contributed by atoms with Crippen LogP contribution < -0.4 is 10.1 Å². The zero-order valence-electron chi connectivity index (χ0n) is 14.9. The highest BCUT2D eigenvalue weighted by atomic mass is 16.5. The molecule has 0 saturated carbocycles. The number of ether oxygens (including phenoxy) is 1. The highest BCUT2D eigenvalue weighted by Gasteiger charge is 2.22. The number of benzene rings is 1. The SMILES string of the molecule is Cc1oc2ncnc(OCC(=O)NC3CCCc4ccccc43)c2c1C. The van der Waals surface area contributed by atoms with E-state index in [0.717, 1.165) is 36.0 Å². The summed E-state index contributed by atoms with van der Waals surface area (Å²) in [5.74, 6) is 0.994. The maximum absolute atomic E-state index is 12.4. The summed E-state index contributed by atoms with van der Waals surface area (Å²) in [6.07, 6.45) is 4.47. The summed E-state index contributed by atoms with van der Waals surface area (Å²) >= 11 is 0. The normalized spacial score (nSPS) is 16.3. The first-order valence-electron chi connectivity index (χ1n) is 8.84. The third kappa shape index (κ3) is 3.03. The van der Waals surface area contributed by atoms with Gasteiger partial charge in [0.2, 0.25) is 11.6 Å². The molecule has 1 aliphatic carbocycles. The molecule has 0 saturated heterocycles. The number of hydrogen-bond acceptors (Lipinski definition) is 5. The minimum Gasteiger partial charge on any atom is -0.467 e. The standard InChI is InChI=1S/C20H21N3O3/c1-12-13(2)26-20-18(12)19(21-11-22-20)25-10-17(24)23-16-9-5-7-14-6-3-4-8-15(14)16/h3-4,6,8,11,16H,5,7,9-10H2,1-2H3,(H,23,24). The molecular formula is C20H21N3O3. The molecule has 6 nitrogen and oxygen atoms in total. The molecule has 26 heavy (non-hydrogen) atoms. The highest BCUT2D eigenvalue weighted by molar-refractivity contribution is 5.84. The van der Waals surface area contributed by atoms with Gasteiger partial charge in [-0.05, 0) is 44.2 Å². The van der Waals surface area contributed by atoms with E-state index in [9.17, 15) is 4.79 Å². The smallest absolute Gasteiger partial charge is 0.258 e.